The van der Waals surface area contributed by atoms with E-state index in [0.717, 1.165) is 29.0 Å². The fraction of sp³-hybridized carbons (Fsp3) is 0.261. The van der Waals surface area contributed by atoms with E-state index in [1.165, 1.54) is 11.6 Å². The first-order chi connectivity index (χ1) is 14.0. The van der Waals surface area contributed by atoms with Crippen molar-refractivity contribution >= 4 is 22.9 Å². The van der Waals surface area contributed by atoms with Gasteiger partial charge in [0.05, 0.1) is 12.6 Å². The van der Waals surface area contributed by atoms with Crippen molar-refractivity contribution in [2.75, 3.05) is 11.9 Å². The fourth-order valence-corrected chi connectivity index (χ4v) is 3.91. The minimum atomic E-state index is -0.797. The molecule has 0 spiro atoms. The number of benzene rings is 2. The summed E-state index contributed by atoms with van der Waals surface area (Å²) >= 11 is 1.59. The van der Waals surface area contributed by atoms with Crippen LogP contribution in [0, 0.1) is 11.6 Å². The third-order valence-electron chi connectivity index (χ3n) is 4.97. The lowest BCUT2D eigenvalue weighted by atomic mass is 9.95. The first-order valence-electron chi connectivity index (χ1n) is 9.60. The molecule has 6 heteroatoms. The number of anilines is 1. The summed E-state index contributed by atoms with van der Waals surface area (Å²) in [6.45, 7) is 4.27. The number of para-hydroxylation sites is 1. The second-order valence-corrected chi connectivity index (χ2v) is 7.93. The maximum Gasteiger partial charge on any atom is 0.238 e. The third-order valence-corrected chi connectivity index (χ3v) is 5.91. The summed E-state index contributed by atoms with van der Waals surface area (Å²) in [6.07, 6.45) is 1.07. The van der Waals surface area contributed by atoms with Crippen LogP contribution in [0.5, 0.6) is 0 Å². The zero-order valence-electron chi connectivity index (χ0n) is 16.4. The molecule has 3 nitrogen and oxygen atoms in total. The Hall–Kier alpha value is -2.57. The van der Waals surface area contributed by atoms with Crippen molar-refractivity contribution in [1.82, 2.24) is 5.32 Å². The minimum absolute atomic E-state index is 0.0799. The van der Waals surface area contributed by atoms with Crippen LogP contribution in [-0.2, 0) is 4.79 Å². The summed E-state index contributed by atoms with van der Waals surface area (Å²) < 4.78 is 27.5. The van der Waals surface area contributed by atoms with E-state index < -0.39 is 23.2 Å². The van der Waals surface area contributed by atoms with Crippen LogP contribution in [0.4, 0.5) is 14.5 Å². The van der Waals surface area contributed by atoms with Crippen LogP contribution in [0.3, 0.4) is 0 Å². The number of rotatable bonds is 8. The number of hydrogen-bond acceptors (Lipinski definition) is 3. The van der Waals surface area contributed by atoms with Crippen LogP contribution >= 0.6 is 11.3 Å². The second kappa shape index (κ2) is 9.76. The van der Waals surface area contributed by atoms with Crippen LogP contribution in [0.25, 0.3) is 0 Å². The molecule has 0 aliphatic carbocycles. The predicted molar refractivity (Wildman–Crippen MR) is 114 cm³/mol. The van der Waals surface area contributed by atoms with Crippen LogP contribution in [0.15, 0.2) is 60.0 Å². The molecule has 3 rings (SSSR count). The lowest BCUT2D eigenvalue weighted by Crippen LogP contribution is -2.32. The van der Waals surface area contributed by atoms with Gasteiger partial charge >= 0.3 is 0 Å². The summed E-state index contributed by atoms with van der Waals surface area (Å²) in [5.41, 5.74) is 1.88. The molecule has 1 aromatic heterocycles. The quantitative estimate of drug-likeness (QED) is 0.485. The number of thiophene rings is 1. The molecule has 2 atom stereocenters. The standard InChI is InChI=1S/C23H24F2N2OS/c1-3-15(2)16-9-11-17(12-10-16)22(20-8-5-13-29-20)26-14-21(28)27-23-18(24)6-4-7-19(23)25/h4-13,15,22,26H,3,14H2,1-2H3,(H,27,28)/t15-,22+/m1/s1. The van der Waals surface area contributed by atoms with Gasteiger partial charge in [0.15, 0.2) is 0 Å². The first-order valence-corrected chi connectivity index (χ1v) is 10.5. The van der Waals surface area contributed by atoms with Crippen molar-refractivity contribution in [3.8, 4) is 0 Å². The van der Waals surface area contributed by atoms with Gasteiger partial charge in [-0.1, -0.05) is 50.2 Å². The largest absolute Gasteiger partial charge is 0.320 e. The monoisotopic (exact) mass is 414 g/mol. The van der Waals surface area contributed by atoms with Gasteiger partial charge in [-0.05, 0) is 47.0 Å². The van der Waals surface area contributed by atoms with Gasteiger partial charge in [-0.15, -0.1) is 11.3 Å². The van der Waals surface area contributed by atoms with E-state index in [0.29, 0.717) is 5.92 Å². The Morgan fingerprint density at radius 3 is 2.24 bits per heavy atom. The summed E-state index contributed by atoms with van der Waals surface area (Å²) in [4.78, 5) is 13.4. The normalized spacial score (nSPS) is 13.1. The Kier molecular flexibility index (Phi) is 7.12. The number of hydrogen-bond donors (Lipinski definition) is 2. The molecule has 2 aromatic carbocycles. The van der Waals surface area contributed by atoms with Crippen molar-refractivity contribution < 1.29 is 13.6 Å². The first kappa shape index (κ1) is 21.1. The Bertz CT molecular complexity index is 922. The van der Waals surface area contributed by atoms with Gasteiger partial charge in [0, 0.05) is 4.88 Å². The highest BCUT2D eigenvalue weighted by Crippen LogP contribution is 2.28. The number of carbonyl (C=O) groups excluding carboxylic acids is 1. The van der Waals surface area contributed by atoms with Crippen LogP contribution in [0.1, 0.15) is 48.2 Å². The number of nitrogens with one attached hydrogen (secondary N) is 2. The Labute approximate surface area is 173 Å². The maximum absolute atomic E-state index is 13.8. The van der Waals surface area contributed by atoms with E-state index in [1.54, 1.807) is 11.3 Å². The van der Waals surface area contributed by atoms with Gasteiger partial charge in [0.25, 0.3) is 0 Å². The SMILES string of the molecule is CC[C@@H](C)c1ccc([C@H](NCC(=O)Nc2c(F)cccc2F)c2cccs2)cc1. The molecule has 2 N–H and O–H groups in total. The molecule has 152 valence electrons. The van der Waals surface area contributed by atoms with Crippen molar-refractivity contribution in [2.45, 2.75) is 32.2 Å². The topological polar surface area (TPSA) is 41.1 Å². The highest BCUT2D eigenvalue weighted by molar-refractivity contribution is 7.10. The summed E-state index contributed by atoms with van der Waals surface area (Å²) in [5, 5.41) is 7.51. The predicted octanol–water partition coefficient (Wildman–Crippen LogP) is 5.86. The molecule has 0 radical (unpaired) electrons. The highest BCUT2D eigenvalue weighted by Gasteiger charge is 2.18. The van der Waals surface area contributed by atoms with Crippen molar-refractivity contribution in [3.05, 3.63) is 87.6 Å². The highest BCUT2D eigenvalue weighted by atomic mass is 32.1. The van der Waals surface area contributed by atoms with E-state index in [1.807, 2.05) is 17.5 Å². The third kappa shape index (κ3) is 5.28. The Morgan fingerprint density at radius 1 is 1.00 bits per heavy atom. The van der Waals surface area contributed by atoms with Crippen LogP contribution in [-0.4, -0.2) is 12.5 Å². The van der Waals surface area contributed by atoms with Gasteiger partial charge in [-0.3, -0.25) is 10.1 Å². The van der Waals surface area contributed by atoms with Crippen molar-refractivity contribution in [2.24, 2.45) is 0 Å². The summed E-state index contributed by atoms with van der Waals surface area (Å²) in [6, 6.07) is 15.6. The van der Waals surface area contributed by atoms with Crippen LogP contribution in [0.2, 0.25) is 0 Å². The molecule has 0 saturated heterocycles. The molecule has 0 aliphatic heterocycles. The summed E-state index contributed by atoms with van der Waals surface area (Å²) in [5.74, 6) is -1.62. The molecule has 0 aliphatic rings. The van der Waals surface area contributed by atoms with Gasteiger partial charge in [0.1, 0.15) is 17.3 Å². The molecule has 0 unspecified atom stereocenters. The van der Waals surface area contributed by atoms with Crippen molar-refractivity contribution in [3.63, 3.8) is 0 Å². The van der Waals surface area contributed by atoms with Crippen molar-refractivity contribution in [1.29, 1.82) is 0 Å². The lowest BCUT2D eigenvalue weighted by Gasteiger charge is -2.19. The number of carbonyl (C=O) groups is 1. The second-order valence-electron chi connectivity index (χ2n) is 6.95. The van der Waals surface area contributed by atoms with E-state index in [4.69, 9.17) is 0 Å². The minimum Gasteiger partial charge on any atom is -0.320 e. The molecule has 0 saturated carbocycles. The smallest absolute Gasteiger partial charge is 0.238 e. The lowest BCUT2D eigenvalue weighted by molar-refractivity contribution is -0.115. The molecule has 3 aromatic rings. The van der Waals surface area contributed by atoms with E-state index in [9.17, 15) is 13.6 Å². The molecular formula is C23H24F2N2OS. The average molecular weight is 415 g/mol. The van der Waals surface area contributed by atoms with Gasteiger partial charge < -0.3 is 5.32 Å². The molecule has 1 amide bonds. The zero-order valence-corrected chi connectivity index (χ0v) is 17.2. The summed E-state index contributed by atoms with van der Waals surface area (Å²) in [7, 11) is 0. The Morgan fingerprint density at radius 2 is 1.66 bits per heavy atom. The number of halogens is 2. The van der Waals surface area contributed by atoms with E-state index in [2.05, 4.69) is 48.7 Å². The maximum atomic E-state index is 13.8. The molecule has 29 heavy (non-hydrogen) atoms. The zero-order chi connectivity index (χ0) is 20.8. The van der Waals surface area contributed by atoms with Gasteiger partial charge in [-0.25, -0.2) is 8.78 Å². The molecule has 1 heterocycles. The van der Waals surface area contributed by atoms with E-state index >= 15 is 0 Å². The number of amides is 1. The Balaban J connectivity index is 1.73. The molecular weight excluding hydrogens is 390 g/mol. The average Bonchev–Trinajstić information content (AvgIpc) is 3.25. The van der Waals surface area contributed by atoms with Crippen LogP contribution < -0.4 is 10.6 Å². The molecule has 0 fully saturated rings. The van der Waals surface area contributed by atoms with Gasteiger partial charge in [-0.2, -0.15) is 0 Å². The van der Waals surface area contributed by atoms with Gasteiger partial charge in [0.2, 0.25) is 5.91 Å². The van der Waals surface area contributed by atoms with E-state index in [-0.39, 0.29) is 12.6 Å². The molecule has 0 bridgehead atoms. The fourth-order valence-electron chi connectivity index (χ4n) is 3.09.